The molecule has 1 aliphatic rings. The Morgan fingerprint density at radius 2 is 1.79 bits per heavy atom. The second-order valence-electron chi connectivity index (χ2n) is 7.82. The summed E-state index contributed by atoms with van der Waals surface area (Å²) in [6, 6.07) is 11.2. The van der Waals surface area contributed by atoms with Gasteiger partial charge in [-0.05, 0) is 54.4 Å². The summed E-state index contributed by atoms with van der Waals surface area (Å²) in [6.07, 6.45) is -1.14. The van der Waals surface area contributed by atoms with E-state index < -0.39 is 29.7 Å². The summed E-state index contributed by atoms with van der Waals surface area (Å²) in [5, 5.41) is 2.41. The van der Waals surface area contributed by atoms with E-state index in [1.165, 1.54) is 6.07 Å². The Morgan fingerprint density at radius 1 is 1.14 bits per heavy atom. The number of aryl methyl sites for hydroxylation is 1. The molecule has 1 aliphatic carbocycles. The van der Waals surface area contributed by atoms with Gasteiger partial charge in [-0.25, -0.2) is 4.39 Å². The van der Waals surface area contributed by atoms with Gasteiger partial charge in [0.15, 0.2) is 0 Å². The molecule has 0 saturated heterocycles. The van der Waals surface area contributed by atoms with Crippen molar-refractivity contribution >= 4 is 11.6 Å². The van der Waals surface area contributed by atoms with Crippen LogP contribution in [0.15, 0.2) is 42.5 Å². The molecular weight excluding hydrogens is 382 g/mol. The van der Waals surface area contributed by atoms with Crippen molar-refractivity contribution in [1.82, 2.24) is 0 Å². The fourth-order valence-corrected chi connectivity index (χ4v) is 3.49. The predicted octanol–water partition coefficient (Wildman–Crippen LogP) is 6.26. The minimum atomic E-state index is -4.56. The summed E-state index contributed by atoms with van der Waals surface area (Å²) in [7, 11) is 0. The third-order valence-electron chi connectivity index (χ3n) is 5.59. The van der Waals surface area contributed by atoms with Crippen LogP contribution in [0.1, 0.15) is 49.3 Å². The van der Waals surface area contributed by atoms with Crippen molar-refractivity contribution in [3.8, 4) is 0 Å². The topological polar surface area (TPSA) is 29.1 Å². The zero-order valence-electron chi connectivity index (χ0n) is 16.5. The van der Waals surface area contributed by atoms with E-state index in [-0.39, 0.29) is 11.3 Å². The Hall–Kier alpha value is -2.37. The third-order valence-corrected chi connectivity index (χ3v) is 5.59. The van der Waals surface area contributed by atoms with Crippen molar-refractivity contribution in [2.75, 3.05) is 5.32 Å². The van der Waals surface area contributed by atoms with Crippen molar-refractivity contribution in [3.63, 3.8) is 0 Å². The van der Waals surface area contributed by atoms with Crippen LogP contribution in [-0.4, -0.2) is 12.1 Å². The third kappa shape index (κ3) is 5.17. The van der Waals surface area contributed by atoms with Crippen LogP contribution in [0.2, 0.25) is 0 Å². The van der Waals surface area contributed by atoms with Crippen LogP contribution in [0.4, 0.5) is 23.2 Å². The first-order valence-electron chi connectivity index (χ1n) is 9.94. The van der Waals surface area contributed by atoms with Gasteiger partial charge in [0.1, 0.15) is 5.82 Å². The largest absolute Gasteiger partial charge is 0.392 e. The minimum absolute atomic E-state index is 0.0716. The van der Waals surface area contributed by atoms with Gasteiger partial charge in [0.25, 0.3) is 0 Å². The lowest BCUT2D eigenvalue weighted by atomic mass is 9.85. The number of amides is 1. The van der Waals surface area contributed by atoms with Gasteiger partial charge in [-0.1, -0.05) is 50.2 Å². The van der Waals surface area contributed by atoms with Crippen molar-refractivity contribution in [1.29, 1.82) is 0 Å². The highest BCUT2D eigenvalue weighted by Crippen LogP contribution is 2.39. The maximum absolute atomic E-state index is 14.8. The van der Waals surface area contributed by atoms with E-state index in [2.05, 4.69) is 5.32 Å². The lowest BCUT2D eigenvalue weighted by Gasteiger charge is -2.26. The Bertz CT molecular complexity index is 856. The Morgan fingerprint density at radius 3 is 2.34 bits per heavy atom. The summed E-state index contributed by atoms with van der Waals surface area (Å²) in [6.45, 7) is 2.92. The first-order valence-corrected chi connectivity index (χ1v) is 9.94. The SMILES string of the molecule is CCc1ccc([C@@H](C(=O)Nc2cccc(CC3CC3)c2F)[C@@H](C)C(F)(F)F)cc1. The lowest BCUT2D eigenvalue weighted by molar-refractivity contribution is -0.178. The van der Waals surface area contributed by atoms with Crippen LogP contribution in [0, 0.1) is 17.7 Å². The fourth-order valence-electron chi connectivity index (χ4n) is 3.49. The molecule has 1 fully saturated rings. The number of nitrogens with one attached hydrogen (secondary N) is 1. The number of hydrogen-bond donors (Lipinski definition) is 1. The highest BCUT2D eigenvalue weighted by atomic mass is 19.4. The van der Waals surface area contributed by atoms with E-state index in [0.717, 1.165) is 31.7 Å². The van der Waals surface area contributed by atoms with Crippen LogP contribution in [-0.2, 0) is 17.6 Å². The normalized spacial score (nSPS) is 16.3. The average Bonchev–Trinajstić information content (AvgIpc) is 3.49. The number of anilines is 1. The average molecular weight is 407 g/mol. The molecule has 2 aromatic rings. The van der Waals surface area contributed by atoms with Gasteiger partial charge in [-0.3, -0.25) is 4.79 Å². The smallest absolute Gasteiger partial charge is 0.323 e. The molecule has 2 aromatic carbocycles. The molecule has 1 amide bonds. The highest BCUT2D eigenvalue weighted by molar-refractivity contribution is 5.96. The quantitative estimate of drug-likeness (QED) is 0.539. The molecule has 156 valence electrons. The lowest BCUT2D eigenvalue weighted by Crippen LogP contribution is -2.34. The molecule has 6 heteroatoms. The molecule has 0 heterocycles. The highest BCUT2D eigenvalue weighted by Gasteiger charge is 2.45. The van der Waals surface area contributed by atoms with Crippen LogP contribution < -0.4 is 5.32 Å². The van der Waals surface area contributed by atoms with E-state index >= 15 is 0 Å². The number of rotatable bonds is 7. The van der Waals surface area contributed by atoms with Gasteiger partial charge in [0, 0.05) is 0 Å². The maximum Gasteiger partial charge on any atom is 0.392 e. The molecule has 1 N–H and O–H groups in total. The van der Waals surface area contributed by atoms with Gasteiger partial charge in [-0.15, -0.1) is 0 Å². The molecule has 0 unspecified atom stereocenters. The van der Waals surface area contributed by atoms with Gasteiger partial charge < -0.3 is 5.32 Å². The molecule has 3 rings (SSSR count). The Labute approximate surface area is 168 Å². The van der Waals surface area contributed by atoms with Gasteiger partial charge in [-0.2, -0.15) is 13.2 Å². The molecule has 0 spiro atoms. The van der Waals surface area contributed by atoms with Gasteiger partial charge in [0.05, 0.1) is 17.5 Å². The van der Waals surface area contributed by atoms with E-state index in [9.17, 15) is 22.4 Å². The van der Waals surface area contributed by atoms with Crippen molar-refractivity contribution in [3.05, 3.63) is 65.0 Å². The van der Waals surface area contributed by atoms with Crippen molar-refractivity contribution in [2.45, 2.75) is 51.6 Å². The molecule has 0 aromatic heterocycles. The van der Waals surface area contributed by atoms with Gasteiger partial charge in [0.2, 0.25) is 5.91 Å². The summed E-state index contributed by atoms with van der Waals surface area (Å²) in [4.78, 5) is 12.9. The van der Waals surface area contributed by atoms with E-state index in [1.54, 1.807) is 36.4 Å². The first kappa shape index (κ1) is 21.3. The van der Waals surface area contributed by atoms with Crippen molar-refractivity contribution in [2.24, 2.45) is 11.8 Å². The van der Waals surface area contributed by atoms with E-state index in [0.29, 0.717) is 17.9 Å². The van der Waals surface area contributed by atoms with Crippen molar-refractivity contribution < 1.29 is 22.4 Å². The molecule has 1 saturated carbocycles. The number of carbonyl (C=O) groups is 1. The predicted molar refractivity (Wildman–Crippen MR) is 105 cm³/mol. The zero-order chi connectivity index (χ0) is 21.2. The standard InChI is InChI=1S/C23H25F4NO/c1-3-15-9-11-17(12-10-15)20(14(2)23(25,26)27)22(29)28-19-6-4-5-18(21(19)24)13-16-7-8-16/h4-6,9-12,14,16,20H,3,7-8,13H2,1-2H3,(H,28,29)/t14-,20+/m1/s1. The minimum Gasteiger partial charge on any atom is -0.323 e. The molecule has 29 heavy (non-hydrogen) atoms. The fraction of sp³-hybridized carbons (Fsp3) is 0.435. The molecule has 2 atom stereocenters. The summed E-state index contributed by atoms with van der Waals surface area (Å²) < 4.78 is 55.2. The second kappa shape index (κ2) is 8.56. The number of carbonyl (C=O) groups excluding carboxylic acids is 1. The molecule has 0 aliphatic heterocycles. The summed E-state index contributed by atoms with van der Waals surface area (Å²) >= 11 is 0. The maximum atomic E-state index is 14.8. The van der Waals surface area contributed by atoms with E-state index in [1.807, 2.05) is 6.92 Å². The van der Waals surface area contributed by atoms with Crippen LogP contribution in [0.5, 0.6) is 0 Å². The van der Waals surface area contributed by atoms with Crippen LogP contribution in [0.3, 0.4) is 0 Å². The number of hydrogen-bond acceptors (Lipinski definition) is 1. The number of halogens is 4. The Kier molecular flexibility index (Phi) is 6.30. The molecular formula is C23H25F4NO. The second-order valence-corrected chi connectivity index (χ2v) is 7.82. The monoisotopic (exact) mass is 407 g/mol. The Balaban J connectivity index is 1.88. The summed E-state index contributed by atoms with van der Waals surface area (Å²) in [5.74, 6) is -4.35. The molecule has 0 radical (unpaired) electrons. The van der Waals surface area contributed by atoms with Crippen LogP contribution in [0.25, 0.3) is 0 Å². The molecule has 2 nitrogen and oxygen atoms in total. The number of alkyl halides is 3. The summed E-state index contributed by atoms with van der Waals surface area (Å²) in [5.41, 5.74) is 1.64. The molecule has 0 bridgehead atoms. The first-order chi connectivity index (χ1) is 13.7. The van der Waals surface area contributed by atoms with E-state index in [4.69, 9.17) is 0 Å². The number of benzene rings is 2. The van der Waals surface area contributed by atoms with Crippen LogP contribution >= 0.6 is 0 Å². The van der Waals surface area contributed by atoms with Gasteiger partial charge >= 0.3 is 6.18 Å². The zero-order valence-corrected chi connectivity index (χ0v) is 16.5.